The molecule has 10 nitrogen and oxygen atoms in total. The van der Waals surface area contributed by atoms with Gasteiger partial charge in [-0.25, -0.2) is 27.2 Å². The second kappa shape index (κ2) is 11.1. The average molecular weight is 570 g/mol. The Morgan fingerprint density at radius 2 is 1.85 bits per heavy atom. The molecule has 0 aliphatic heterocycles. The predicted octanol–water partition coefficient (Wildman–Crippen LogP) is 5.38. The summed E-state index contributed by atoms with van der Waals surface area (Å²) in [6, 6.07) is 13.5. The summed E-state index contributed by atoms with van der Waals surface area (Å²) in [7, 11) is -3.93. The lowest BCUT2D eigenvalue weighted by molar-refractivity contribution is 0.185. The number of halogens is 1. The van der Waals surface area contributed by atoms with Crippen molar-refractivity contribution < 1.29 is 23.1 Å². The Labute approximate surface area is 231 Å². The van der Waals surface area contributed by atoms with Crippen molar-refractivity contribution in [3.63, 3.8) is 0 Å². The van der Waals surface area contributed by atoms with Gasteiger partial charge in [-0.2, -0.15) is 0 Å². The van der Waals surface area contributed by atoms with Gasteiger partial charge in [-0.1, -0.05) is 29.8 Å². The van der Waals surface area contributed by atoms with E-state index < -0.39 is 16.1 Å². The molecule has 1 amide bonds. The lowest BCUT2D eigenvalue weighted by atomic mass is 9.91. The van der Waals surface area contributed by atoms with Gasteiger partial charge in [0, 0.05) is 29.2 Å². The predicted molar refractivity (Wildman–Crippen MR) is 149 cm³/mol. The van der Waals surface area contributed by atoms with Crippen LogP contribution in [0, 0.1) is 0 Å². The molecule has 0 bridgehead atoms. The highest BCUT2D eigenvalue weighted by Gasteiger charge is 2.25. The van der Waals surface area contributed by atoms with E-state index in [0.717, 1.165) is 12.8 Å². The zero-order chi connectivity index (χ0) is 27.6. The SMILES string of the molecule is CCOc1cnc2c(c1)c(-c1cc(Cl)nc(N[C@H]3CC[C@H](NC(=O)O)CC3)c1)cn2S(=O)(=O)c1ccccc1. The first-order valence-electron chi connectivity index (χ1n) is 12.6. The van der Waals surface area contributed by atoms with Crippen molar-refractivity contribution in [2.45, 2.75) is 49.6 Å². The number of benzene rings is 1. The maximum absolute atomic E-state index is 13.6. The summed E-state index contributed by atoms with van der Waals surface area (Å²) < 4.78 is 34.0. The summed E-state index contributed by atoms with van der Waals surface area (Å²) in [6.07, 6.45) is 5.02. The normalized spacial score (nSPS) is 17.6. The largest absolute Gasteiger partial charge is 0.492 e. The van der Waals surface area contributed by atoms with E-state index in [1.807, 2.05) is 13.0 Å². The van der Waals surface area contributed by atoms with Crippen molar-refractivity contribution in [1.82, 2.24) is 19.3 Å². The molecule has 1 fully saturated rings. The van der Waals surface area contributed by atoms with Gasteiger partial charge in [-0.05, 0) is 68.5 Å². The number of fused-ring (bicyclic) bond motifs is 1. The summed E-state index contributed by atoms with van der Waals surface area (Å²) >= 11 is 6.43. The number of rotatable bonds is 8. The highest BCUT2D eigenvalue weighted by molar-refractivity contribution is 7.90. The van der Waals surface area contributed by atoms with Gasteiger partial charge >= 0.3 is 6.09 Å². The topological polar surface area (TPSA) is 135 Å². The maximum atomic E-state index is 13.6. The number of nitrogens with one attached hydrogen (secondary N) is 2. The summed E-state index contributed by atoms with van der Waals surface area (Å²) in [5.74, 6) is 1.07. The minimum absolute atomic E-state index is 0.0619. The quantitative estimate of drug-likeness (QED) is 0.241. The Morgan fingerprint density at radius 3 is 2.54 bits per heavy atom. The molecule has 4 aromatic rings. The summed E-state index contributed by atoms with van der Waals surface area (Å²) in [4.78, 5) is 20.0. The monoisotopic (exact) mass is 569 g/mol. The van der Waals surface area contributed by atoms with Crippen LogP contribution in [0.3, 0.4) is 0 Å². The molecule has 3 aromatic heterocycles. The number of amides is 1. The van der Waals surface area contributed by atoms with Crippen LogP contribution < -0.4 is 15.4 Å². The zero-order valence-electron chi connectivity index (χ0n) is 21.2. The lowest BCUT2D eigenvalue weighted by Gasteiger charge is -2.29. The molecule has 1 aliphatic rings. The van der Waals surface area contributed by atoms with Crippen LogP contribution in [-0.2, 0) is 10.0 Å². The number of anilines is 1. The molecule has 0 saturated heterocycles. The zero-order valence-corrected chi connectivity index (χ0v) is 22.7. The van der Waals surface area contributed by atoms with Crippen molar-refractivity contribution >= 4 is 44.6 Å². The number of nitrogens with zero attached hydrogens (tertiary/aromatic N) is 3. The van der Waals surface area contributed by atoms with Gasteiger partial charge in [-0.15, -0.1) is 0 Å². The van der Waals surface area contributed by atoms with Gasteiger partial charge in [0.2, 0.25) is 0 Å². The average Bonchev–Trinajstić information content (AvgIpc) is 3.30. The number of hydrogen-bond donors (Lipinski definition) is 3. The van der Waals surface area contributed by atoms with Crippen LogP contribution in [0.15, 0.2) is 65.8 Å². The van der Waals surface area contributed by atoms with E-state index >= 15 is 0 Å². The highest BCUT2D eigenvalue weighted by atomic mass is 35.5. The Kier molecular flexibility index (Phi) is 7.62. The molecule has 12 heteroatoms. The number of ether oxygens (including phenoxy) is 1. The first-order chi connectivity index (χ1) is 18.7. The third kappa shape index (κ3) is 5.79. The first-order valence-corrected chi connectivity index (χ1v) is 14.4. The van der Waals surface area contributed by atoms with Gasteiger partial charge in [-0.3, -0.25) is 0 Å². The highest BCUT2D eigenvalue weighted by Crippen LogP contribution is 2.36. The van der Waals surface area contributed by atoms with Crippen LogP contribution >= 0.6 is 11.6 Å². The van der Waals surface area contributed by atoms with E-state index in [4.69, 9.17) is 21.4 Å². The van der Waals surface area contributed by atoms with Gasteiger partial charge in [0.05, 0.1) is 17.7 Å². The molecule has 0 atom stereocenters. The molecule has 1 saturated carbocycles. The Morgan fingerprint density at radius 1 is 1.13 bits per heavy atom. The maximum Gasteiger partial charge on any atom is 0.404 e. The number of hydrogen-bond acceptors (Lipinski definition) is 7. The molecule has 0 unspecified atom stereocenters. The molecule has 0 radical (unpaired) electrons. The summed E-state index contributed by atoms with van der Waals surface area (Å²) in [5, 5.41) is 15.8. The van der Waals surface area contributed by atoms with Crippen LogP contribution in [0.5, 0.6) is 5.75 Å². The molecule has 204 valence electrons. The number of carbonyl (C=O) groups is 1. The van der Waals surface area contributed by atoms with Gasteiger partial charge in [0.25, 0.3) is 10.0 Å². The van der Waals surface area contributed by atoms with Crippen LogP contribution in [0.4, 0.5) is 10.6 Å². The minimum atomic E-state index is -3.93. The Hall–Kier alpha value is -3.83. The van der Waals surface area contributed by atoms with Crippen LogP contribution in [0.2, 0.25) is 5.15 Å². The van der Waals surface area contributed by atoms with Crippen molar-refractivity contribution in [3.8, 4) is 16.9 Å². The van der Waals surface area contributed by atoms with E-state index in [0.29, 0.717) is 47.5 Å². The number of pyridine rings is 2. The van der Waals surface area contributed by atoms with Gasteiger partial charge in [0.1, 0.15) is 16.7 Å². The van der Waals surface area contributed by atoms with E-state index in [-0.39, 0.29) is 27.8 Å². The lowest BCUT2D eigenvalue weighted by Crippen LogP contribution is -2.39. The fourth-order valence-corrected chi connectivity index (χ4v) is 6.47. The van der Waals surface area contributed by atoms with Crippen LogP contribution in [-0.4, -0.2) is 52.2 Å². The minimum Gasteiger partial charge on any atom is -0.492 e. The van der Waals surface area contributed by atoms with Crippen molar-refractivity contribution in [1.29, 1.82) is 0 Å². The third-order valence-electron chi connectivity index (χ3n) is 6.71. The van der Waals surface area contributed by atoms with Gasteiger partial charge < -0.3 is 20.5 Å². The third-order valence-corrected chi connectivity index (χ3v) is 8.57. The number of aromatic nitrogens is 3. The van der Waals surface area contributed by atoms with Crippen molar-refractivity contribution in [2.24, 2.45) is 0 Å². The standard InChI is InChI=1S/C27H28ClN5O5S/c1-2-38-20-14-22-23(16-33(26(22)29-15-20)39(36,37)21-6-4-3-5-7-21)17-12-24(28)32-25(13-17)30-18-8-10-19(11-9-18)31-27(34)35/h3-7,12-16,18-19,31H,2,8-11H2,1H3,(H,30,32)(H,34,35)/t18-,19-. The molecule has 1 aliphatic carbocycles. The summed E-state index contributed by atoms with van der Waals surface area (Å²) in [5.41, 5.74) is 1.55. The molecule has 0 spiro atoms. The Balaban J connectivity index is 1.53. The fraction of sp³-hybridized carbons (Fsp3) is 0.296. The first kappa shape index (κ1) is 26.8. The van der Waals surface area contributed by atoms with Crippen LogP contribution in [0.25, 0.3) is 22.2 Å². The number of carboxylic acid groups (broad SMARTS) is 1. The van der Waals surface area contributed by atoms with E-state index in [2.05, 4.69) is 20.6 Å². The Bertz CT molecular complexity index is 1600. The molecule has 3 N–H and O–H groups in total. The molecule has 3 heterocycles. The second-order valence-corrected chi connectivity index (χ2v) is 11.5. The van der Waals surface area contributed by atoms with Crippen molar-refractivity contribution in [3.05, 3.63) is 66.1 Å². The van der Waals surface area contributed by atoms with E-state index in [1.54, 1.807) is 48.7 Å². The molecule has 5 rings (SSSR count). The van der Waals surface area contributed by atoms with Crippen molar-refractivity contribution in [2.75, 3.05) is 11.9 Å². The van der Waals surface area contributed by atoms with E-state index in [1.165, 1.54) is 10.2 Å². The summed E-state index contributed by atoms with van der Waals surface area (Å²) in [6.45, 7) is 2.30. The molecule has 1 aromatic carbocycles. The fourth-order valence-electron chi connectivity index (χ4n) is 4.92. The van der Waals surface area contributed by atoms with Gasteiger partial charge in [0.15, 0.2) is 5.65 Å². The van der Waals surface area contributed by atoms with Crippen LogP contribution in [0.1, 0.15) is 32.6 Å². The molecule has 39 heavy (non-hydrogen) atoms. The van der Waals surface area contributed by atoms with E-state index in [9.17, 15) is 13.2 Å². The second-order valence-electron chi connectivity index (χ2n) is 9.34. The molecular formula is C27H28ClN5O5S. The molecular weight excluding hydrogens is 542 g/mol. The smallest absolute Gasteiger partial charge is 0.404 e.